The van der Waals surface area contributed by atoms with E-state index in [1.54, 1.807) is 0 Å². The fraction of sp³-hybridized carbons (Fsp3) is 0.269. The molecule has 30 heavy (non-hydrogen) atoms. The molecule has 0 bridgehead atoms. The van der Waals surface area contributed by atoms with Crippen molar-refractivity contribution in [2.75, 3.05) is 6.61 Å². The number of carbonyl (C=O) groups is 1. The quantitative estimate of drug-likeness (QED) is 0.498. The SMILES string of the molecule is O=C(O)COc1ccc(-c2ccc(OCc3ccccc3)cc2)c(C2CCCC2)c1. The summed E-state index contributed by atoms with van der Waals surface area (Å²) in [6, 6.07) is 24.2. The molecule has 1 aliphatic rings. The number of hydrogen-bond donors (Lipinski definition) is 1. The molecule has 3 aromatic carbocycles. The van der Waals surface area contributed by atoms with E-state index in [9.17, 15) is 4.79 Å². The van der Waals surface area contributed by atoms with E-state index in [0.717, 1.165) is 29.7 Å². The van der Waals surface area contributed by atoms with Crippen LogP contribution in [0.5, 0.6) is 11.5 Å². The smallest absolute Gasteiger partial charge is 0.341 e. The van der Waals surface area contributed by atoms with Crippen LogP contribution in [-0.4, -0.2) is 17.7 Å². The maximum atomic E-state index is 10.8. The Kier molecular flexibility index (Phi) is 6.33. The summed E-state index contributed by atoms with van der Waals surface area (Å²) in [6.45, 7) is 0.222. The third kappa shape index (κ3) is 5.01. The van der Waals surface area contributed by atoms with Crippen LogP contribution >= 0.6 is 0 Å². The summed E-state index contributed by atoms with van der Waals surface area (Å²) in [5, 5.41) is 8.89. The molecule has 3 aromatic rings. The van der Waals surface area contributed by atoms with E-state index in [2.05, 4.69) is 24.3 Å². The zero-order chi connectivity index (χ0) is 20.8. The van der Waals surface area contributed by atoms with Crippen LogP contribution in [0.25, 0.3) is 11.1 Å². The third-order valence-corrected chi connectivity index (χ3v) is 5.59. The average Bonchev–Trinajstić information content (AvgIpc) is 3.32. The molecule has 4 nitrogen and oxygen atoms in total. The van der Waals surface area contributed by atoms with Crippen molar-refractivity contribution in [2.45, 2.75) is 38.2 Å². The second kappa shape index (κ2) is 9.49. The molecule has 1 fully saturated rings. The summed E-state index contributed by atoms with van der Waals surface area (Å²) in [5.41, 5.74) is 4.70. The van der Waals surface area contributed by atoms with Gasteiger partial charge in [0.1, 0.15) is 18.1 Å². The molecular weight excluding hydrogens is 376 g/mol. The molecule has 1 saturated carbocycles. The molecule has 0 saturated heterocycles. The summed E-state index contributed by atoms with van der Waals surface area (Å²) in [6.07, 6.45) is 4.79. The van der Waals surface area contributed by atoms with Crippen molar-refractivity contribution in [3.05, 3.63) is 83.9 Å². The van der Waals surface area contributed by atoms with Crippen molar-refractivity contribution in [3.8, 4) is 22.6 Å². The second-order valence-electron chi connectivity index (χ2n) is 7.71. The average molecular weight is 402 g/mol. The van der Waals surface area contributed by atoms with Crippen LogP contribution in [0.3, 0.4) is 0 Å². The van der Waals surface area contributed by atoms with Crippen LogP contribution in [0, 0.1) is 0 Å². The Morgan fingerprint density at radius 1 is 0.867 bits per heavy atom. The van der Waals surface area contributed by atoms with Gasteiger partial charge < -0.3 is 14.6 Å². The summed E-state index contributed by atoms with van der Waals surface area (Å²) in [4.78, 5) is 10.8. The van der Waals surface area contributed by atoms with Crippen molar-refractivity contribution in [3.63, 3.8) is 0 Å². The summed E-state index contributed by atoms with van der Waals surface area (Å²) < 4.78 is 11.3. The molecule has 0 atom stereocenters. The van der Waals surface area contributed by atoms with E-state index in [4.69, 9.17) is 14.6 Å². The van der Waals surface area contributed by atoms with Crippen LogP contribution in [0.1, 0.15) is 42.7 Å². The Hall–Kier alpha value is -3.27. The molecule has 4 rings (SSSR count). The highest BCUT2D eigenvalue weighted by atomic mass is 16.5. The molecule has 0 unspecified atom stereocenters. The van der Waals surface area contributed by atoms with Gasteiger partial charge in [-0.1, -0.05) is 61.4 Å². The van der Waals surface area contributed by atoms with Crippen LogP contribution in [0.15, 0.2) is 72.8 Å². The summed E-state index contributed by atoms with van der Waals surface area (Å²) >= 11 is 0. The van der Waals surface area contributed by atoms with Gasteiger partial charge in [-0.2, -0.15) is 0 Å². The van der Waals surface area contributed by atoms with Crippen LogP contribution in [0.2, 0.25) is 0 Å². The molecule has 0 aliphatic heterocycles. The van der Waals surface area contributed by atoms with Crippen molar-refractivity contribution >= 4 is 5.97 Å². The normalized spacial score (nSPS) is 13.9. The number of carboxylic acids is 1. The molecule has 0 aromatic heterocycles. The Morgan fingerprint density at radius 3 is 2.27 bits per heavy atom. The zero-order valence-electron chi connectivity index (χ0n) is 16.9. The fourth-order valence-corrected chi connectivity index (χ4v) is 4.08. The highest BCUT2D eigenvalue weighted by molar-refractivity contribution is 5.71. The van der Waals surface area contributed by atoms with Crippen LogP contribution < -0.4 is 9.47 Å². The number of hydrogen-bond acceptors (Lipinski definition) is 3. The predicted octanol–water partition coefficient (Wildman–Crippen LogP) is 6.05. The Morgan fingerprint density at radius 2 is 1.57 bits per heavy atom. The van der Waals surface area contributed by atoms with Gasteiger partial charge in [0.2, 0.25) is 0 Å². The topological polar surface area (TPSA) is 55.8 Å². The van der Waals surface area contributed by atoms with E-state index in [1.807, 2.05) is 48.5 Å². The molecule has 1 aliphatic carbocycles. The van der Waals surface area contributed by atoms with Gasteiger partial charge in [0.15, 0.2) is 6.61 Å². The summed E-state index contributed by atoms with van der Waals surface area (Å²) in [5.74, 6) is 0.979. The third-order valence-electron chi connectivity index (χ3n) is 5.59. The van der Waals surface area contributed by atoms with Crippen molar-refractivity contribution < 1.29 is 19.4 Å². The van der Waals surface area contributed by atoms with Gasteiger partial charge in [-0.25, -0.2) is 4.79 Å². The van der Waals surface area contributed by atoms with Crippen LogP contribution in [-0.2, 0) is 11.4 Å². The molecule has 0 radical (unpaired) electrons. The number of aliphatic carboxylic acids is 1. The van der Waals surface area contributed by atoms with E-state index in [-0.39, 0.29) is 6.61 Å². The highest BCUT2D eigenvalue weighted by Gasteiger charge is 2.21. The lowest BCUT2D eigenvalue weighted by Gasteiger charge is -2.18. The minimum absolute atomic E-state index is 0.323. The first-order chi connectivity index (χ1) is 14.7. The van der Waals surface area contributed by atoms with Gasteiger partial charge in [-0.3, -0.25) is 0 Å². The molecule has 0 spiro atoms. The van der Waals surface area contributed by atoms with E-state index in [1.165, 1.54) is 24.0 Å². The number of rotatable bonds is 8. The fourth-order valence-electron chi connectivity index (χ4n) is 4.08. The first-order valence-corrected chi connectivity index (χ1v) is 10.4. The van der Waals surface area contributed by atoms with E-state index >= 15 is 0 Å². The molecule has 0 heterocycles. The first-order valence-electron chi connectivity index (χ1n) is 10.4. The molecular formula is C26H26O4. The number of carboxylic acid groups (broad SMARTS) is 1. The van der Waals surface area contributed by atoms with Crippen molar-refractivity contribution in [1.82, 2.24) is 0 Å². The first kappa shape index (κ1) is 20.0. The monoisotopic (exact) mass is 402 g/mol. The van der Waals surface area contributed by atoms with Gasteiger partial charge in [0.05, 0.1) is 0 Å². The standard InChI is InChI=1S/C26H26O4/c27-26(28)18-30-23-14-15-24(25(16-23)20-8-4-5-9-20)21-10-12-22(13-11-21)29-17-19-6-2-1-3-7-19/h1-3,6-7,10-16,20H,4-5,8-9,17-18H2,(H,27,28). The lowest BCUT2D eigenvalue weighted by Crippen LogP contribution is -2.09. The Bertz CT molecular complexity index is 974. The number of ether oxygens (including phenoxy) is 2. The molecule has 0 amide bonds. The van der Waals surface area contributed by atoms with E-state index in [0.29, 0.717) is 18.3 Å². The van der Waals surface area contributed by atoms with Gasteiger partial charge in [0, 0.05) is 0 Å². The minimum Gasteiger partial charge on any atom is -0.489 e. The molecule has 154 valence electrons. The largest absolute Gasteiger partial charge is 0.489 e. The van der Waals surface area contributed by atoms with Gasteiger partial charge in [-0.05, 0) is 65.3 Å². The van der Waals surface area contributed by atoms with Crippen molar-refractivity contribution in [2.24, 2.45) is 0 Å². The van der Waals surface area contributed by atoms with Crippen LogP contribution in [0.4, 0.5) is 0 Å². The maximum Gasteiger partial charge on any atom is 0.341 e. The van der Waals surface area contributed by atoms with Crippen molar-refractivity contribution in [1.29, 1.82) is 0 Å². The molecule has 1 N–H and O–H groups in total. The zero-order valence-corrected chi connectivity index (χ0v) is 16.9. The van der Waals surface area contributed by atoms with Gasteiger partial charge in [-0.15, -0.1) is 0 Å². The summed E-state index contributed by atoms with van der Waals surface area (Å²) in [7, 11) is 0. The van der Waals surface area contributed by atoms with E-state index < -0.39 is 5.97 Å². The minimum atomic E-state index is -0.965. The van der Waals surface area contributed by atoms with Gasteiger partial charge >= 0.3 is 5.97 Å². The molecule has 4 heteroatoms. The Balaban J connectivity index is 1.53. The second-order valence-corrected chi connectivity index (χ2v) is 7.71. The lowest BCUT2D eigenvalue weighted by molar-refractivity contribution is -0.139. The van der Waals surface area contributed by atoms with Gasteiger partial charge in [0.25, 0.3) is 0 Å². The Labute approximate surface area is 177 Å². The number of benzene rings is 3. The maximum absolute atomic E-state index is 10.8. The lowest BCUT2D eigenvalue weighted by atomic mass is 9.89. The highest BCUT2D eigenvalue weighted by Crippen LogP contribution is 2.41. The predicted molar refractivity (Wildman–Crippen MR) is 117 cm³/mol.